The van der Waals surface area contributed by atoms with Gasteiger partial charge in [0.05, 0.1) is 32.7 Å². The Hall–Kier alpha value is -2.61. The highest BCUT2D eigenvalue weighted by Crippen LogP contribution is 2.40. The van der Waals surface area contributed by atoms with E-state index in [1.165, 1.54) is 7.11 Å². The zero-order chi connectivity index (χ0) is 28.6. The number of methoxy groups -OCH3 is 1. The number of rotatable bonds is 18. The summed E-state index contributed by atoms with van der Waals surface area (Å²) in [6.07, 6.45) is 8.02. The largest absolute Gasteiger partial charge is 0.482 e. The molecule has 0 radical (unpaired) electrons. The molecule has 0 spiro atoms. The van der Waals surface area contributed by atoms with Crippen molar-refractivity contribution in [2.75, 3.05) is 20.3 Å². The molecule has 0 saturated heterocycles. The molecule has 8 nitrogen and oxygen atoms in total. The maximum Gasteiger partial charge on any atom is 0.343 e. The van der Waals surface area contributed by atoms with Crippen molar-refractivity contribution in [2.45, 2.75) is 110 Å². The lowest BCUT2D eigenvalue weighted by molar-refractivity contribution is -0.155. The molecule has 220 valence electrons. The molecule has 1 fully saturated rings. The molecule has 1 aliphatic rings. The van der Waals surface area contributed by atoms with Gasteiger partial charge in [-0.1, -0.05) is 45.2 Å². The third-order valence-corrected chi connectivity index (χ3v) is 7.54. The Morgan fingerprint density at radius 2 is 1.77 bits per heavy atom. The minimum Gasteiger partial charge on any atom is -0.482 e. The van der Waals surface area contributed by atoms with E-state index in [0.29, 0.717) is 18.6 Å². The van der Waals surface area contributed by atoms with Gasteiger partial charge in [0.1, 0.15) is 11.9 Å². The molecular weight excluding hydrogens is 500 g/mol. The van der Waals surface area contributed by atoms with E-state index in [2.05, 4.69) is 19.9 Å². The summed E-state index contributed by atoms with van der Waals surface area (Å²) in [4.78, 5) is 36.0. The van der Waals surface area contributed by atoms with E-state index in [-0.39, 0.29) is 50.1 Å². The second-order valence-electron chi connectivity index (χ2n) is 10.5. The van der Waals surface area contributed by atoms with Crippen LogP contribution < -0.4 is 4.74 Å². The Morgan fingerprint density at radius 1 is 1.00 bits per heavy atom. The van der Waals surface area contributed by atoms with E-state index in [0.717, 1.165) is 62.5 Å². The van der Waals surface area contributed by atoms with Crippen LogP contribution in [0.5, 0.6) is 5.75 Å². The monoisotopic (exact) mass is 548 g/mol. The Bertz CT molecular complexity index is 899. The molecule has 0 aliphatic heterocycles. The van der Waals surface area contributed by atoms with Crippen LogP contribution in [0.4, 0.5) is 0 Å². The lowest BCUT2D eigenvalue weighted by Gasteiger charge is -2.21. The normalized spacial score (nSPS) is 19.4. The first kappa shape index (κ1) is 32.6. The van der Waals surface area contributed by atoms with Gasteiger partial charge in [0.15, 0.2) is 6.61 Å². The molecule has 8 heteroatoms. The summed E-state index contributed by atoms with van der Waals surface area (Å²) in [7, 11) is 1.34. The van der Waals surface area contributed by atoms with Crippen molar-refractivity contribution in [3.05, 3.63) is 29.3 Å². The molecule has 1 unspecified atom stereocenters. The fourth-order valence-corrected chi connectivity index (χ4v) is 5.45. The van der Waals surface area contributed by atoms with Gasteiger partial charge in [-0.3, -0.25) is 9.59 Å². The molecule has 1 N–H and O–H groups in total. The van der Waals surface area contributed by atoms with Crippen molar-refractivity contribution in [3.8, 4) is 5.75 Å². The van der Waals surface area contributed by atoms with Crippen molar-refractivity contribution >= 4 is 17.9 Å². The van der Waals surface area contributed by atoms with E-state index in [1.54, 1.807) is 6.92 Å². The van der Waals surface area contributed by atoms with Crippen LogP contribution in [0.1, 0.15) is 96.1 Å². The summed E-state index contributed by atoms with van der Waals surface area (Å²) >= 11 is 0. The Balaban J connectivity index is 2.10. The maximum absolute atomic E-state index is 12.6. The highest BCUT2D eigenvalue weighted by atomic mass is 16.6. The number of aliphatic hydroxyl groups is 1. The van der Waals surface area contributed by atoms with E-state index in [1.807, 2.05) is 12.1 Å². The van der Waals surface area contributed by atoms with Crippen LogP contribution >= 0.6 is 0 Å². The topological polar surface area (TPSA) is 108 Å². The molecule has 1 aromatic rings. The van der Waals surface area contributed by atoms with Gasteiger partial charge in [-0.2, -0.15) is 0 Å². The molecule has 39 heavy (non-hydrogen) atoms. The highest BCUT2D eigenvalue weighted by molar-refractivity contribution is 5.77. The van der Waals surface area contributed by atoms with Gasteiger partial charge in [-0.25, -0.2) is 4.79 Å². The van der Waals surface area contributed by atoms with Crippen molar-refractivity contribution in [1.29, 1.82) is 0 Å². The predicted molar refractivity (Wildman–Crippen MR) is 148 cm³/mol. The molecule has 0 heterocycles. The van der Waals surface area contributed by atoms with Crippen molar-refractivity contribution in [3.63, 3.8) is 0 Å². The van der Waals surface area contributed by atoms with E-state index in [9.17, 15) is 19.5 Å². The van der Waals surface area contributed by atoms with Crippen molar-refractivity contribution in [1.82, 2.24) is 0 Å². The zero-order valence-electron chi connectivity index (χ0n) is 24.2. The van der Waals surface area contributed by atoms with Crippen LogP contribution in [0.15, 0.2) is 18.2 Å². The Morgan fingerprint density at radius 3 is 2.46 bits per heavy atom. The van der Waals surface area contributed by atoms with Crippen LogP contribution in [-0.2, 0) is 41.4 Å². The lowest BCUT2D eigenvalue weighted by atomic mass is 9.91. The SMILES string of the molecule is CCCCC[C@H](O)CC[C@@H]1CC(Cc2c(CC)cccc2OCC(=O)OC)C[C@H]1OC(=O)CCC(=O)OCC. The van der Waals surface area contributed by atoms with Crippen LogP contribution in [0.25, 0.3) is 0 Å². The number of hydrogen-bond acceptors (Lipinski definition) is 8. The van der Waals surface area contributed by atoms with Gasteiger partial charge >= 0.3 is 17.9 Å². The van der Waals surface area contributed by atoms with Crippen LogP contribution in [0.3, 0.4) is 0 Å². The molecule has 1 aromatic carbocycles. The van der Waals surface area contributed by atoms with E-state index >= 15 is 0 Å². The molecule has 0 bridgehead atoms. The molecule has 1 aliphatic carbocycles. The zero-order valence-corrected chi connectivity index (χ0v) is 24.2. The minimum absolute atomic E-state index is 0.00343. The fourth-order valence-electron chi connectivity index (χ4n) is 5.45. The van der Waals surface area contributed by atoms with E-state index in [4.69, 9.17) is 18.9 Å². The average Bonchev–Trinajstić information content (AvgIpc) is 3.30. The van der Waals surface area contributed by atoms with Gasteiger partial charge in [0.2, 0.25) is 0 Å². The summed E-state index contributed by atoms with van der Waals surface area (Å²) < 4.78 is 21.4. The number of ether oxygens (including phenoxy) is 4. The standard InChI is InChI=1S/C31H48O8/c1-5-8-9-12-25(32)15-14-24-18-22(20-28(24)39-30(34)17-16-29(33)37-7-3)19-26-23(6-2)11-10-13-27(26)38-21-31(35)36-4/h10-11,13,22,24-25,28,32H,5-9,12,14-21H2,1-4H3/t22?,24-,25+,28-/m1/s1. The summed E-state index contributed by atoms with van der Waals surface area (Å²) in [5.41, 5.74) is 2.23. The minimum atomic E-state index is -0.434. The maximum atomic E-state index is 12.6. The number of carbonyl (C=O) groups excluding carboxylic acids is 3. The summed E-state index contributed by atoms with van der Waals surface area (Å²) in [6.45, 7) is 6.10. The van der Waals surface area contributed by atoms with Crippen LogP contribution in [0, 0.1) is 11.8 Å². The van der Waals surface area contributed by atoms with Crippen molar-refractivity contribution < 1.29 is 38.4 Å². The average molecular weight is 549 g/mol. The summed E-state index contributed by atoms with van der Waals surface area (Å²) in [6, 6.07) is 5.89. The number of aliphatic hydroxyl groups excluding tert-OH is 1. The molecule has 0 amide bonds. The number of unbranched alkanes of at least 4 members (excludes halogenated alkanes) is 2. The first-order valence-electron chi connectivity index (χ1n) is 14.6. The third kappa shape index (κ3) is 11.6. The van der Waals surface area contributed by atoms with Gasteiger partial charge < -0.3 is 24.1 Å². The Labute approximate surface area is 233 Å². The quantitative estimate of drug-likeness (QED) is 0.149. The summed E-state index contributed by atoms with van der Waals surface area (Å²) in [5, 5.41) is 10.5. The van der Waals surface area contributed by atoms with Gasteiger partial charge in [-0.15, -0.1) is 0 Å². The number of aryl methyl sites for hydroxylation is 1. The smallest absolute Gasteiger partial charge is 0.343 e. The van der Waals surface area contributed by atoms with Crippen LogP contribution in [0.2, 0.25) is 0 Å². The van der Waals surface area contributed by atoms with Gasteiger partial charge in [-0.05, 0) is 80.9 Å². The second kappa shape index (κ2) is 17.9. The predicted octanol–water partition coefficient (Wildman–Crippen LogP) is 5.35. The fraction of sp³-hybridized carbons (Fsp3) is 0.710. The molecule has 1 saturated carbocycles. The molecule has 2 rings (SSSR count). The molecular formula is C31H48O8. The summed E-state index contributed by atoms with van der Waals surface area (Å²) in [5.74, 6) is -0.160. The first-order chi connectivity index (χ1) is 18.8. The number of carbonyl (C=O) groups is 3. The van der Waals surface area contributed by atoms with Gasteiger partial charge in [0.25, 0.3) is 0 Å². The number of esters is 3. The lowest BCUT2D eigenvalue weighted by Crippen LogP contribution is -2.24. The molecule has 0 aromatic heterocycles. The van der Waals surface area contributed by atoms with E-state index < -0.39 is 17.9 Å². The number of hydrogen-bond donors (Lipinski definition) is 1. The molecule has 4 atom stereocenters. The van der Waals surface area contributed by atoms with Crippen LogP contribution in [-0.4, -0.2) is 55.5 Å². The number of benzene rings is 1. The van der Waals surface area contributed by atoms with Crippen molar-refractivity contribution in [2.24, 2.45) is 11.8 Å². The second-order valence-corrected chi connectivity index (χ2v) is 10.5. The highest BCUT2D eigenvalue weighted by Gasteiger charge is 2.37. The first-order valence-corrected chi connectivity index (χ1v) is 14.6. The Kier molecular flexibility index (Phi) is 14.9. The van der Waals surface area contributed by atoms with Gasteiger partial charge in [0, 0.05) is 0 Å². The third-order valence-electron chi connectivity index (χ3n) is 7.54.